The Bertz CT molecular complexity index is 710. The van der Waals surface area contributed by atoms with E-state index in [-0.39, 0.29) is 11.9 Å². The molecule has 0 saturated heterocycles. The quantitative estimate of drug-likeness (QED) is 0.766. The molecule has 1 saturated carbocycles. The van der Waals surface area contributed by atoms with Crippen molar-refractivity contribution >= 4 is 23.2 Å². The average Bonchev–Trinajstić information content (AvgIpc) is 3.38. The van der Waals surface area contributed by atoms with Crippen molar-refractivity contribution in [3.05, 3.63) is 64.7 Å². The van der Waals surface area contributed by atoms with E-state index in [2.05, 4.69) is 35.8 Å². The zero-order valence-electron chi connectivity index (χ0n) is 14.1. The first kappa shape index (κ1) is 17.0. The minimum Gasteiger partial charge on any atom is -0.326 e. The van der Waals surface area contributed by atoms with Crippen molar-refractivity contribution in [1.29, 1.82) is 0 Å². The molecule has 2 unspecified atom stereocenters. The van der Waals surface area contributed by atoms with Crippen LogP contribution in [0.3, 0.4) is 0 Å². The van der Waals surface area contributed by atoms with Crippen LogP contribution in [-0.2, 0) is 4.79 Å². The summed E-state index contributed by atoms with van der Waals surface area (Å²) in [6.45, 7) is 3.69. The number of anilines is 1. The van der Waals surface area contributed by atoms with E-state index >= 15 is 0 Å². The molecule has 2 aromatic carbocycles. The van der Waals surface area contributed by atoms with Gasteiger partial charge in [0.1, 0.15) is 0 Å². The van der Waals surface area contributed by atoms with Gasteiger partial charge in [0.2, 0.25) is 5.91 Å². The Morgan fingerprint density at radius 2 is 1.83 bits per heavy atom. The lowest BCUT2D eigenvalue weighted by molar-refractivity contribution is -0.114. The van der Waals surface area contributed by atoms with E-state index in [1.807, 2.05) is 30.3 Å². The molecule has 0 radical (unpaired) electrons. The number of carbonyl (C=O) groups excluding carboxylic acids is 1. The molecule has 2 atom stereocenters. The minimum absolute atomic E-state index is 0.0511. The fourth-order valence-electron chi connectivity index (χ4n) is 3.06. The fourth-order valence-corrected chi connectivity index (χ4v) is 3.18. The summed E-state index contributed by atoms with van der Waals surface area (Å²) in [4.78, 5) is 11.2. The molecule has 0 spiro atoms. The van der Waals surface area contributed by atoms with E-state index in [4.69, 9.17) is 11.6 Å². The molecule has 3 nitrogen and oxygen atoms in total. The maximum atomic E-state index is 11.2. The molecule has 1 amide bonds. The smallest absolute Gasteiger partial charge is 0.221 e. The summed E-state index contributed by atoms with van der Waals surface area (Å²) in [7, 11) is 0. The molecule has 0 aromatic heterocycles. The number of hydrogen-bond acceptors (Lipinski definition) is 2. The van der Waals surface area contributed by atoms with Crippen LogP contribution in [0, 0.1) is 5.92 Å². The van der Waals surface area contributed by atoms with Gasteiger partial charge in [0.05, 0.1) is 0 Å². The van der Waals surface area contributed by atoms with E-state index in [0.29, 0.717) is 12.0 Å². The Morgan fingerprint density at radius 3 is 2.46 bits per heavy atom. The number of halogens is 1. The van der Waals surface area contributed by atoms with E-state index in [9.17, 15) is 4.79 Å². The lowest BCUT2D eigenvalue weighted by Gasteiger charge is -2.24. The molecule has 1 aliphatic carbocycles. The minimum atomic E-state index is -0.0511. The largest absolute Gasteiger partial charge is 0.326 e. The lowest BCUT2D eigenvalue weighted by atomic mass is 9.99. The maximum Gasteiger partial charge on any atom is 0.221 e. The molecule has 1 aliphatic rings. The molecule has 2 N–H and O–H groups in total. The highest BCUT2D eigenvalue weighted by molar-refractivity contribution is 6.30. The van der Waals surface area contributed by atoms with Crippen LogP contribution in [0.25, 0.3) is 0 Å². The van der Waals surface area contributed by atoms with Crippen LogP contribution in [0.1, 0.15) is 49.9 Å². The van der Waals surface area contributed by atoms with Gasteiger partial charge < -0.3 is 10.6 Å². The predicted molar refractivity (Wildman–Crippen MR) is 99.2 cm³/mol. The van der Waals surface area contributed by atoms with Gasteiger partial charge in [0.25, 0.3) is 0 Å². The molecule has 24 heavy (non-hydrogen) atoms. The van der Waals surface area contributed by atoms with Crippen LogP contribution in [0.2, 0.25) is 5.02 Å². The third kappa shape index (κ3) is 4.37. The van der Waals surface area contributed by atoms with Crippen molar-refractivity contribution in [3.63, 3.8) is 0 Å². The summed E-state index contributed by atoms with van der Waals surface area (Å²) in [5.74, 6) is 0.636. The highest BCUT2D eigenvalue weighted by Gasteiger charge is 2.33. The number of rotatable bonds is 6. The van der Waals surface area contributed by atoms with Gasteiger partial charge in [-0.2, -0.15) is 0 Å². The third-order valence-corrected chi connectivity index (χ3v) is 4.71. The topological polar surface area (TPSA) is 41.1 Å². The molecule has 4 heteroatoms. The van der Waals surface area contributed by atoms with Gasteiger partial charge in [0, 0.05) is 29.7 Å². The average molecular weight is 343 g/mol. The summed E-state index contributed by atoms with van der Waals surface area (Å²) in [5.41, 5.74) is 3.29. The molecule has 3 rings (SSSR count). The summed E-state index contributed by atoms with van der Waals surface area (Å²) in [6, 6.07) is 16.7. The molecule has 0 bridgehead atoms. The Hall–Kier alpha value is -1.84. The summed E-state index contributed by atoms with van der Waals surface area (Å²) >= 11 is 6.02. The predicted octanol–water partition coefficient (Wildman–Crippen LogP) is 5.10. The first-order valence-corrected chi connectivity index (χ1v) is 8.80. The van der Waals surface area contributed by atoms with E-state index in [1.54, 1.807) is 0 Å². The number of hydrogen-bond donors (Lipinski definition) is 2. The highest BCUT2D eigenvalue weighted by Crippen LogP contribution is 2.42. The van der Waals surface area contributed by atoms with Crippen LogP contribution in [0.15, 0.2) is 48.5 Å². The van der Waals surface area contributed by atoms with Gasteiger partial charge in [-0.25, -0.2) is 0 Å². The first-order chi connectivity index (χ1) is 11.5. The second-order valence-corrected chi connectivity index (χ2v) is 7.00. The second-order valence-electron chi connectivity index (χ2n) is 6.56. The van der Waals surface area contributed by atoms with Crippen LogP contribution in [0.4, 0.5) is 5.69 Å². The van der Waals surface area contributed by atoms with Gasteiger partial charge in [-0.05, 0) is 61.1 Å². The van der Waals surface area contributed by atoms with Crippen molar-refractivity contribution in [2.24, 2.45) is 5.92 Å². The molecule has 1 fully saturated rings. The van der Waals surface area contributed by atoms with Crippen molar-refractivity contribution in [1.82, 2.24) is 5.32 Å². The molecular weight excluding hydrogens is 320 g/mol. The molecule has 126 valence electrons. The van der Waals surface area contributed by atoms with Crippen molar-refractivity contribution in [3.8, 4) is 0 Å². The van der Waals surface area contributed by atoms with Crippen LogP contribution in [-0.4, -0.2) is 5.91 Å². The Kier molecular flexibility index (Phi) is 5.22. The summed E-state index contributed by atoms with van der Waals surface area (Å²) < 4.78 is 0. The van der Waals surface area contributed by atoms with Crippen LogP contribution < -0.4 is 10.6 Å². The lowest BCUT2D eigenvalue weighted by Crippen LogP contribution is -2.26. The van der Waals surface area contributed by atoms with Gasteiger partial charge in [-0.1, -0.05) is 35.9 Å². The third-order valence-electron chi connectivity index (χ3n) is 4.46. The summed E-state index contributed by atoms with van der Waals surface area (Å²) in [6.07, 6.45) is 2.53. The van der Waals surface area contributed by atoms with Crippen LogP contribution in [0.5, 0.6) is 0 Å². The number of carbonyl (C=O) groups is 1. The van der Waals surface area contributed by atoms with Gasteiger partial charge in [-0.15, -0.1) is 0 Å². The van der Waals surface area contributed by atoms with Crippen molar-refractivity contribution < 1.29 is 4.79 Å². The van der Waals surface area contributed by atoms with E-state index < -0.39 is 0 Å². The first-order valence-electron chi connectivity index (χ1n) is 8.42. The zero-order chi connectivity index (χ0) is 17.1. The van der Waals surface area contributed by atoms with E-state index in [0.717, 1.165) is 10.7 Å². The Labute approximate surface area is 148 Å². The number of amides is 1. The summed E-state index contributed by atoms with van der Waals surface area (Å²) in [5, 5.41) is 7.37. The Morgan fingerprint density at radius 1 is 1.12 bits per heavy atom. The fraction of sp³-hybridized carbons (Fsp3) is 0.350. The van der Waals surface area contributed by atoms with E-state index in [1.165, 1.54) is 30.9 Å². The normalized spacial score (nSPS) is 16.5. The maximum absolute atomic E-state index is 11.2. The SMILES string of the molecule is CC(=O)Nc1cccc(C(C)NC(c2ccc(Cl)cc2)C2CC2)c1. The van der Waals surface area contributed by atoms with Crippen LogP contribution >= 0.6 is 11.6 Å². The molecular formula is C20H23ClN2O. The standard InChI is InChI=1S/C20H23ClN2O/c1-13(17-4-3-5-19(12-17)23-14(2)24)22-20(15-6-7-15)16-8-10-18(21)11-9-16/h3-5,8-13,15,20,22H,6-7H2,1-2H3,(H,23,24). The van der Waals surface area contributed by atoms with Gasteiger partial charge in [-0.3, -0.25) is 4.79 Å². The van der Waals surface area contributed by atoms with Crippen molar-refractivity contribution in [2.45, 2.75) is 38.8 Å². The molecule has 2 aromatic rings. The zero-order valence-corrected chi connectivity index (χ0v) is 14.8. The molecule has 0 aliphatic heterocycles. The number of benzene rings is 2. The Balaban J connectivity index is 1.75. The monoisotopic (exact) mass is 342 g/mol. The van der Waals surface area contributed by atoms with Gasteiger partial charge >= 0.3 is 0 Å². The molecule has 0 heterocycles. The highest BCUT2D eigenvalue weighted by atomic mass is 35.5. The van der Waals surface area contributed by atoms with Crippen molar-refractivity contribution in [2.75, 3.05) is 5.32 Å². The van der Waals surface area contributed by atoms with Gasteiger partial charge in [0.15, 0.2) is 0 Å². The second kappa shape index (κ2) is 7.37. The number of nitrogens with one attached hydrogen (secondary N) is 2.